The summed E-state index contributed by atoms with van der Waals surface area (Å²) in [5.41, 5.74) is 1.32. The lowest BCUT2D eigenvalue weighted by Crippen LogP contribution is -2.37. The molecular formula is C16H28O3. The summed E-state index contributed by atoms with van der Waals surface area (Å²) in [7, 11) is 1.41. The van der Waals surface area contributed by atoms with Gasteiger partial charge in [0.1, 0.15) is 0 Å². The summed E-state index contributed by atoms with van der Waals surface area (Å²) >= 11 is 0. The van der Waals surface area contributed by atoms with Gasteiger partial charge in [-0.1, -0.05) is 38.3 Å². The highest BCUT2D eigenvalue weighted by Gasteiger charge is 2.34. The van der Waals surface area contributed by atoms with E-state index in [0.29, 0.717) is 5.92 Å². The molecule has 0 radical (unpaired) electrons. The van der Waals surface area contributed by atoms with Crippen LogP contribution in [0.3, 0.4) is 0 Å². The molecule has 3 nitrogen and oxygen atoms in total. The van der Waals surface area contributed by atoms with E-state index in [1.54, 1.807) is 0 Å². The van der Waals surface area contributed by atoms with Gasteiger partial charge in [-0.2, -0.15) is 0 Å². The minimum absolute atomic E-state index is 0.181. The van der Waals surface area contributed by atoms with Gasteiger partial charge in [0.25, 0.3) is 0 Å². The average Bonchev–Trinajstić information content (AvgIpc) is 2.37. The summed E-state index contributed by atoms with van der Waals surface area (Å²) in [6, 6.07) is 0. The van der Waals surface area contributed by atoms with Crippen LogP contribution in [0.4, 0.5) is 0 Å². The molecule has 110 valence electrons. The standard InChI is InChI=1S/C16H28O3/c1-5-6-7-14(16(18)19-4)15(17)13-9-11(2)8-12(3)10-13/h8,11,13-15,17H,5-7,9-10H2,1-4H3. The van der Waals surface area contributed by atoms with Crippen LogP contribution in [0.1, 0.15) is 52.9 Å². The van der Waals surface area contributed by atoms with Crippen molar-refractivity contribution in [1.82, 2.24) is 0 Å². The third-order valence-electron chi connectivity index (χ3n) is 4.10. The molecular weight excluding hydrogens is 240 g/mol. The minimum atomic E-state index is -0.579. The van der Waals surface area contributed by atoms with Crippen molar-refractivity contribution in [1.29, 1.82) is 0 Å². The predicted octanol–water partition coefficient (Wildman–Crippen LogP) is 3.32. The first-order valence-electron chi connectivity index (χ1n) is 7.42. The summed E-state index contributed by atoms with van der Waals surface area (Å²) in [6.45, 7) is 6.37. The van der Waals surface area contributed by atoms with Crippen LogP contribution in [-0.4, -0.2) is 24.3 Å². The Morgan fingerprint density at radius 1 is 1.58 bits per heavy atom. The van der Waals surface area contributed by atoms with Crippen LogP contribution in [-0.2, 0) is 9.53 Å². The highest BCUT2D eigenvalue weighted by Crippen LogP contribution is 2.34. The second-order valence-corrected chi connectivity index (χ2v) is 5.95. The molecule has 0 aromatic rings. The third kappa shape index (κ3) is 4.64. The predicted molar refractivity (Wildman–Crippen MR) is 76.7 cm³/mol. The van der Waals surface area contributed by atoms with Gasteiger partial charge in [0.2, 0.25) is 0 Å². The van der Waals surface area contributed by atoms with Gasteiger partial charge in [0, 0.05) is 0 Å². The Kier molecular flexibility index (Phi) is 6.56. The van der Waals surface area contributed by atoms with Gasteiger partial charge < -0.3 is 9.84 Å². The van der Waals surface area contributed by atoms with Crippen molar-refractivity contribution in [2.45, 2.75) is 59.0 Å². The number of hydrogen-bond donors (Lipinski definition) is 1. The van der Waals surface area contributed by atoms with Crippen molar-refractivity contribution in [3.63, 3.8) is 0 Å². The fourth-order valence-electron chi connectivity index (χ4n) is 3.19. The van der Waals surface area contributed by atoms with Crippen LogP contribution in [0.2, 0.25) is 0 Å². The summed E-state index contributed by atoms with van der Waals surface area (Å²) in [5.74, 6) is 0.0349. The number of hydrogen-bond acceptors (Lipinski definition) is 3. The molecule has 19 heavy (non-hydrogen) atoms. The highest BCUT2D eigenvalue weighted by molar-refractivity contribution is 5.73. The maximum Gasteiger partial charge on any atom is 0.311 e. The molecule has 1 aliphatic rings. The van der Waals surface area contributed by atoms with Gasteiger partial charge in [-0.15, -0.1) is 0 Å². The molecule has 0 amide bonds. The third-order valence-corrected chi connectivity index (χ3v) is 4.10. The Morgan fingerprint density at radius 3 is 2.79 bits per heavy atom. The lowest BCUT2D eigenvalue weighted by Gasteiger charge is -2.33. The van der Waals surface area contributed by atoms with E-state index in [-0.39, 0.29) is 17.8 Å². The van der Waals surface area contributed by atoms with Crippen LogP contribution < -0.4 is 0 Å². The second kappa shape index (κ2) is 7.68. The number of esters is 1. The summed E-state index contributed by atoms with van der Waals surface area (Å²) < 4.78 is 4.86. The van der Waals surface area contributed by atoms with Gasteiger partial charge in [0.15, 0.2) is 0 Å². The van der Waals surface area contributed by atoms with E-state index < -0.39 is 6.10 Å². The van der Waals surface area contributed by atoms with E-state index in [1.165, 1.54) is 12.7 Å². The van der Waals surface area contributed by atoms with Crippen LogP contribution in [0.5, 0.6) is 0 Å². The average molecular weight is 268 g/mol. The molecule has 0 saturated heterocycles. The zero-order valence-corrected chi connectivity index (χ0v) is 12.7. The number of aliphatic hydroxyl groups is 1. The van der Waals surface area contributed by atoms with Crippen molar-refractivity contribution in [3.8, 4) is 0 Å². The molecule has 0 heterocycles. The Balaban J connectivity index is 2.72. The molecule has 0 aromatic carbocycles. The largest absolute Gasteiger partial charge is 0.469 e. The van der Waals surface area contributed by atoms with Crippen LogP contribution in [0.15, 0.2) is 11.6 Å². The van der Waals surface area contributed by atoms with E-state index in [9.17, 15) is 9.90 Å². The van der Waals surface area contributed by atoms with Crippen LogP contribution >= 0.6 is 0 Å². The Hall–Kier alpha value is -0.830. The number of carbonyl (C=O) groups is 1. The molecule has 0 bridgehead atoms. The van der Waals surface area contributed by atoms with Gasteiger partial charge >= 0.3 is 5.97 Å². The monoisotopic (exact) mass is 268 g/mol. The molecule has 0 spiro atoms. The second-order valence-electron chi connectivity index (χ2n) is 5.95. The quantitative estimate of drug-likeness (QED) is 0.594. The molecule has 1 rings (SSSR count). The lowest BCUT2D eigenvalue weighted by atomic mass is 9.76. The zero-order valence-electron chi connectivity index (χ0n) is 12.7. The van der Waals surface area contributed by atoms with E-state index in [4.69, 9.17) is 4.74 Å². The number of unbranched alkanes of at least 4 members (excludes halogenated alkanes) is 1. The number of rotatable bonds is 6. The van der Waals surface area contributed by atoms with Crippen molar-refractivity contribution in [3.05, 3.63) is 11.6 Å². The Bertz CT molecular complexity index is 322. The first-order chi connectivity index (χ1) is 8.99. The molecule has 0 aliphatic heterocycles. The summed E-state index contributed by atoms with van der Waals surface area (Å²) in [4.78, 5) is 11.9. The van der Waals surface area contributed by atoms with Gasteiger partial charge in [0.05, 0.1) is 19.1 Å². The molecule has 0 saturated carbocycles. The van der Waals surface area contributed by atoms with E-state index in [1.807, 2.05) is 0 Å². The van der Waals surface area contributed by atoms with Crippen molar-refractivity contribution >= 4 is 5.97 Å². The molecule has 3 heteroatoms. The number of aliphatic hydroxyl groups excluding tert-OH is 1. The number of methoxy groups -OCH3 is 1. The molecule has 1 N–H and O–H groups in total. The smallest absolute Gasteiger partial charge is 0.311 e. The lowest BCUT2D eigenvalue weighted by molar-refractivity contribution is -0.151. The van der Waals surface area contributed by atoms with E-state index in [0.717, 1.165) is 32.1 Å². The van der Waals surface area contributed by atoms with Crippen molar-refractivity contribution in [2.24, 2.45) is 17.8 Å². The Morgan fingerprint density at radius 2 is 2.26 bits per heavy atom. The molecule has 4 atom stereocenters. The summed E-state index contributed by atoms with van der Waals surface area (Å²) in [5, 5.41) is 10.6. The normalized spacial score (nSPS) is 26.5. The fraction of sp³-hybridized carbons (Fsp3) is 0.812. The number of carbonyl (C=O) groups excluding carboxylic acids is 1. The number of allylic oxidation sites excluding steroid dienone is 2. The zero-order chi connectivity index (χ0) is 14.4. The van der Waals surface area contributed by atoms with Gasteiger partial charge in [-0.25, -0.2) is 0 Å². The SMILES string of the molecule is CCCCC(C(=O)OC)C(O)C1CC(C)=CC(C)C1. The first-order valence-corrected chi connectivity index (χ1v) is 7.42. The van der Waals surface area contributed by atoms with Crippen molar-refractivity contribution in [2.75, 3.05) is 7.11 Å². The van der Waals surface area contributed by atoms with Crippen molar-refractivity contribution < 1.29 is 14.6 Å². The fourth-order valence-corrected chi connectivity index (χ4v) is 3.19. The van der Waals surface area contributed by atoms with Crippen LogP contribution in [0.25, 0.3) is 0 Å². The molecule has 0 fully saturated rings. The number of ether oxygens (including phenoxy) is 1. The highest BCUT2D eigenvalue weighted by atomic mass is 16.5. The van der Waals surface area contributed by atoms with Gasteiger partial charge in [-0.05, 0) is 38.0 Å². The van der Waals surface area contributed by atoms with Crippen LogP contribution in [0, 0.1) is 17.8 Å². The first kappa shape index (κ1) is 16.2. The van der Waals surface area contributed by atoms with E-state index in [2.05, 4.69) is 26.8 Å². The maximum absolute atomic E-state index is 11.9. The minimum Gasteiger partial charge on any atom is -0.469 e. The van der Waals surface area contributed by atoms with Gasteiger partial charge in [-0.3, -0.25) is 4.79 Å². The molecule has 4 unspecified atom stereocenters. The Labute approximate surface area is 117 Å². The molecule has 0 aromatic heterocycles. The topological polar surface area (TPSA) is 46.5 Å². The molecule has 1 aliphatic carbocycles. The van der Waals surface area contributed by atoms with E-state index >= 15 is 0 Å². The summed E-state index contributed by atoms with van der Waals surface area (Å²) in [6.07, 6.45) is 6.24. The maximum atomic E-state index is 11.9.